The highest BCUT2D eigenvalue weighted by Crippen LogP contribution is 2.28. The van der Waals surface area contributed by atoms with Gasteiger partial charge in [-0.15, -0.1) is 0 Å². The monoisotopic (exact) mass is 376 g/mol. The Kier molecular flexibility index (Phi) is 9.83. The largest absolute Gasteiger partial charge is 0.461 e. The van der Waals surface area contributed by atoms with Gasteiger partial charge in [-0.2, -0.15) is 0 Å². The predicted octanol–water partition coefficient (Wildman–Crippen LogP) is 4.98. The van der Waals surface area contributed by atoms with Crippen LogP contribution in [0.25, 0.3) is 0 Å². The highest BCUT2D eigenvalue weighted by Gasteiger charge is 2.46. The van der Waals surface area contributed by atoms with Gasteiger partial charge in [0.05, 0.1) is 0 Å². The number of carbonyl (C=O) groups excluding carboxylic acids is 1. The second-order valence-electron chi connectivity index (χ2n) is 7.61. The molecule has 0 saturated carbocycles. The van der Waals surface area contributed by atoms with E-state index in [0.717, 1.165) is 31.4 Å². The summed E-state index contributed by atoms with van der Waals surface area (Å²) in [5, 5.41) is 0. The summed E-state index contributed by atoms with van der Waals surface area (Å²) in [7, 11) is -6.19. The Morgan fingerprint density at radius 2 is 1.65 bits per heavy atom. The summed E-state index contributed by atoms with van der Waals surface area (Å²) in [5.41, 5.74) is 0. The lowest BCUT2D eigenvalue weighted by Crippen LogP contribution is -2.58. The summed E-state index contributed by atoms with van der Waals surface area (Å²) in [4.78, 5) is 11.6. The van der Waals surface area contributed by atoms with E-state index in [9.17, 15) is 4.79 Å². The van der Waals surface area contributed by atoms with E-state index in [1.165, 1.54) is 6.08 Å². The van der Waals surface area contributed by atoms with E-state index >= 15 is 0 Å². The smallest absolute Gasteiger partial charge is 0.356 e. The fourth-order valence-corrected chi connectivity index (χ4v) is 14.5. The molecule has 0 amide bonds. The van der Waals surface area contributed by atoms with Crippen molar-refractivity contribution in [3.8, 4) is 0 Å². The molecule has 0 bridgehead atoms. The summed E-state index contributed by atoms with van der Waals surface area (Å²) >= 11 is 0. The average molecular weight is 377 g/mol. The van der Waals surface area contributed by atoms with Gasteiger partial charge >= 0.3 is 14.5 Å². The molecule has 0 aromatic rings. The minimum atomic E-state index is -2.57. The molecule has 0 N–H and O–H groups in total. The van der Waals surface area contributed by atoms with Gasteiger partial charge < -0.3 is 13.0 Å². The number of rotatable bonds is 12. The maximum Gasteiger partial charge on any atom is 0.356 e. The zero-order chi connectivity index (χ0) is 18.1. The first kappa shape index (κ1) is 22.8. The highest BCUT2D eigenvalue weighted by molar-refractivity contribution is 6.88. The molecule has 1 atom stereocenters. The minimum Gasteiger partial charge on any atom is -0.461 e. The van der Waals surface area contributed by atoms with Gasteiger partial charge in [0.1, 0.15) is 6.23 Å². The fraction of sp³-hybridized carbons (Fsp3) is 0.812. The van der Waals surface area contributed by atoms with Gasteiger partial charge in [0, 0.05) is 6.08 Å². The summed E-state index contributed by atoms with van der Waals surface area (Å²) in [6, 6.07) is 1.92. The Balaban J connectivity index is 5.39. The standard InChI is InChI=1S/C16H36O4Si3/c1-9-12-13-14-23(19-21(4,5)6,15-18-16(17)10-2)20-22(7,8)11-3/h10H,2,9,11-15H2,1,3-8H3. The van der Waals surface area contributed by atoms with Crippen molar-refractivity contribution in [3.63, 3.8) is 0 Å². The van der Waals surface area contributed by atoms with Crippen LogP contribution in [0.2, 0.25) is 44.8 Å². The molecule has 0 fully saturated rings. The van der Waals surface area contributed by atoms with Crippen LogP contribution in [0, 0.1) is 0 Å². The molecule has 0 aromatic heterocycles. The van der Waals surface area contributed by atoms with Crippen molar-refractivity contribution in [2.75, 3.05) is 6.23 Å². The average Bonchev–Trinajstić information content (AvgIpc) is 2.43. The summed E-state index contributed by atoms with van der Waals surface area (Å²) < 4.78 is 18.7. The van der Waals surface area contributed by atoms with Gasteiger partial charge in [0.25, 0.3) is 0 Å². The molecule has 0 aliphatic rings. The molecule has 0 spiro atoms. The zero-order valence-electron chi connectivity index (χ0n) is 16.2. The van der Waals surface area contributed by atoms with Crippen molar-refractivity contribution in [1.82, 2.24) is 0 Å². The van der Waals surface area contributed by atoms with Crippen LogP contribution in [0.3, 0.4) is 0 Å². The van der Waals surface area contributed by atoms with Crippen molar-refractivity contribution >= 4 is 31.2 Å². The molecular weight excluding hydrogens is 340 g/mol. The van der Waals surface area contributed by atoms with E-state index in [4.69, 9.17) is 13.0 Å². The van der Waals surface area contributed by atoms with Gasteiger partial charge in [0.15, 0.2) is 16.6 Å². The number of unbranched alkanes of at least 4 members (excludes halogenated alkanes) is 2. The lowest BCUT2D eigenvalue weighted by atomic mass is 10.3. The first-order valence-electron chi connectivity index (χ1n) is 8.69. The quantitative estimate of drug-likeness (QED) is 0.208. The Morgan fingerprint density at radius 1 is 1.04 bits per heavy atom. The van der Waals surface area contributed by atoms with Crippen molar-refractivity contribution in [1.29, 1.82) is 0 Å². The van der Waals surface area contributed by atoms with Crippen LogP contribution in [0.15, 0.2) is 12.7 Å². The molecule has 23 heavy (non-hydrogen) atoms. The van der Waals surface area contributed by atoms with E-state index in [2.05, 4.69) is 53.2 Å². The number of hydrogen-bond donors (Lipinski definition) is 0. The van der Waals surface area contributed by atoms with Crippen molar-refractivity contribution in [3.05, 3.63) is 12.7 Å². The lowest BCUT2D eigenvalue weighted by Gasteiger charge is -2.41. The van der Waals surface area contributed by atoms with Gasteiger partial charge in [-0.25, -0.2) is 4.79 Å². The first-order chi connectivity index (χ1) is 10.5. The number of esters is 1. The van der Waals surface area contributed by atoms with Gasteiger partial charge in [-0.3, -0.25) is 0 Å². The molecule has 7 heteroatoms. The Hall–Kier alpha value is -0.219. The molecule has 0 aliphatic carbocycles. The summed E-state index contributed by atoms with van der Waals surface area (Å²) in [5.74, 6) is -0.392. The molecule has 0 rings (SSSR count). The van der Waals surface area contributed by atoms with Crippen LogP contribution in [-0.2, 0) is 17.8 Å². The molecular formula is C16H36O4Si3. The van der Waals surface area contributed by atoms with E-state index in [0.29, 0.717) is 0 Å². The van der Waals surface area contributed by atoms with Gasteiger partial charge in [-0.1, -0.05) is 39.7 Å². The molecule has 4 nitrogen and oxygen atoms in total. The SMILES string of the molecule is C=CC(=O)OC[Si](CCCCC)(O[Si](C)(C)C)O[Si](C)(C)CC. The molecule has 0 saturated heterocycles. The zero-order valence-corrected chi connectivity index (χ0v) is 19.2. The van der Waals surface area contributed by atoms with Crippen LogP contribution < -0.4 is 0 Å². The number of hydrogen-bond acceptors (Lipinski definition) is 4. The number of ether oxygens (including phenoxy) is 1. The third-order valence-corrected chi connectivity index (χ3v) is 14.6. The van der Waals surface area contributed by atoms with Gasteiger partial charge in [-0.05, 0) is 44.8 Å². The number of carbonyl (C=O) groups is 1. The second kappa shape index (κ2) is 9.93. The van der Waals surface area contributed by atoms with Crippen LogP contribution in [0.1, 0.15) is 33.1 Å². The topological polar surface area (TPSA) is 44.8 Å². The van der Waals surface area contributed by atoms with E-state index in [1.54, 1.807) is 0 Å². The van der Waals surface area contributed by atoms with Crippen LogP contribution in [0.4, 0.5) is 0 Å². The second-order valence-corrected chi connectivity index (χ2v) is 20.3. The fourth-order valence-electron chi connectivity index (χ4n) is 2.27. The summed E-state index contributed by atoms with van der Waals surface area (Å²) in [6.07, 6.45) is 4.85. The molecule has 0 aliphatic heterocycles. The van der Waals surface area contributed by atoms with Crippen LogP contribution >= 0.6 is 0 Å². The van der Waals surface area contributed by atoms with E-state index in [-0.39, 0.29) is 6.23 Å². The normalized spacial score (nSPS) is 15.1. The van der Waals surface area contributed by atoms with Crippen LogP contribution in [-0.4, -0.2) is 37.4 Å². The van der Waals surface area contributed by atoms with E-state index < -0.39 is 31.2 Å². The Bertz CT molecular complexity index is 380. The molecule has 0 aromatic carbocycles. The third kappa shape index (κ3) is 10.3. The van der Waals surface area contributed by atoms with Gasteiger partial charge in [0.2, 0.25) is 0 Å². The Labute approximate surface area is 146 Å². The van der Waals surface area contributed by atoms with Crippen molar-refractivity contribution in [2.24, 2.45) is 0 Å². The highest BCUT2D eigenvalue weighted by atomic mass is 28.5. The minimum absolute atomic E-state index is 0.280. The third-order valence-electron chi connectivity index (χ3n) is 3.57. The molecule has 0 radical (unpaired) electrons. The van der Waals surface area contributed by atoms with Crippen LogP contribution in [0.5, 0.6) is 0 Å². The molecule has 1 unspecified atom stereocenters. The molecule has 0 heterocycles. The summed E-state index contributed by atoms with van der Waals surface area (Å²) in [6.45, 7) is 18.8. The molecule has 136 valence electrons. The predicted molar refractivity (Wildman–Crippen MR) is 105 cm³/mol. The maximum absolute atomic E-state index is 11.6. The van der Waals surface area contributed by atoms with Crippen molar-refractivity contribution < 1.29 is 17.8 Å². The maximum atomic E-state index is 11.6. The van der Waals surface area contributed by atoms with Crippen molar-refractivity contribution in [2.45, 2.75) is 77.9 Å². The lowest BCUT2D eigenvalue weighted by molar-refractivity contribution is -0.136. The first-order valence-corrected chi connectivity index (χ1v) is 17.4. The Morgan fingerprint density at radius 3 is 2.09 bits per heavy atom. The van der Waals surface area contributed by atoms with E-state index in [1.807, 2.05) is 0 Å².